The number of halogens is 1. The lowest BCUT2D eigenvalue weighted by Crippen LogP contribution is -2.44. The van der Waals surface area contributed by atoms with E-state index in [2.05, 4.69) is 21.4 Å². The van der Waals surface area contributed by atoms with Crippen LogP contribution in [0, 0.1) is 0 Å². The number of thiocarbonyl (C=S) groups is 1. The van der Waals surface area contributed by atoms with Crippen LogP contribution in [0.1, 0.15) is 15.9 Å². The Labute approximate surface area is 168 Å². The van der Waals surface area contributed by atoms with Gasteiger partial charge in [0.25, 0.3) is 11.8 Å². The number of rotatable bonds is 4. The average Bonchev–Trinajstić information content (AvgIpc) is 2.89. The lowest BCUT2D eigenvalue weighted by Gasteiger charge is -2.16. The Kier molecular flexibility index (Phi) is 5.75. The summed E-state index contributed by atoms with van der Waals surface area (Å²) in [5, 5.41) is 1.09. The minimum atomic E-state index is -0.420. The number of ether oxygens (including phenoxy) is 1. The summed E-state index contributed by atoms with van der Waals surface area (Å²) in [6, 6.07) is 14.3. The Morgan fingerprint density at radius 1 is 1.27 bits per heavy atom. The van der Waals surface area contributed by atoms with Gasteiger partial charge in [-0.1, -0.05) is 36.0 Å². The number of methoxy groups -OCH3 is 1. The molecule has 8 heteroatoms. The van der Waals surface area contributed by atoms with E-state index in [1.54, 1.807) is 37.5 Å². The maximum Gasteiger partial charge on any atom is 0.285 e. The Bertz CT molecular complexity index is 930. The molecule has 2 aromatic carbocycles. The summed E-state index contributed by atoms with van der Waals surface area (Å²) in [4.78, 5) is 25.5. The Morgan fingerprint density at radius 2 is 2.04 bits per heavy atom. The Balaban J connectivity index is 1.79. The van der Waals surface area contributed by atoms with E-state index in [1.807, 2.05) is 24.3 Å². The second-order valence-electron chi connectivity index (χ2n) is 5.21. The van der Waals surface area contributed by atoms with Gasteiger partial charge in [-0.05, 0) is 64.1 Å². The Hall–Kier alpha value is -2.16. The van der Waals surface area contributed by atoms with E-state index in [4.69, 9.17) is 17.0 Å². The van der Waals surface area contributed by atoms with Gasteiger partial charge in [0.05, 0.1) is 17.6 Å². The zero-order valence-electron chi connectivity index (χ0n) is 13.6. The van der Waals surface area contributed by atoms with Crippen LogP contribution in [0.5, 0.6) is 5.75 Å². The highest BCUT2D eigenvalue weighted by Gasteiger charge is 2.34. The third-order valence-electron chi connectivity index (χ3n) is 3.52. The summed E-state index contributed by atoms with van der Waals surface area (Å²) in [5.74, 6) is -0.101. The first kappa shape index (κ1) is 18.6. The first-order chi connectivity index (χ1) is 12.5. The first-order valence-corrected chi connectivity index (χ1v) is 9.49. The lowest BCUT2D eigenvalue weighted by atomic mass is 10.2. The van der Waals surface area contributed by atoms with Crippen LogP contribution in [0.25, 0.3) is 6.08 Å². The third-order valence-corrected chi connectivity index (χ3v) is 5.51. The number of nitrogens with zero attached hydrogens (tertiary/aromatic N) is 1. The summed E-state index contributed by atoms with van der Waals surface area (Å²) in [5.41, 5.74) is 3.78. The van der Waals surface area contributed by atoms with Crippen LogP contribution < -0.4 is 10.2 Å². The quantitative estimate of drug-likeness (QED) is 0.565. The zero-order chi connectivity index (χ0) is 18.7. The van der Waals surface area contributed by atoms with E-state index in [-0.39, 0.29) is 10.2 Å². The summed E-state index contributed by atoms with van der Waals surface area (Å²) < 4.78 is 6.08. The molecule has 0 saturated carbocycles. The molecule has 1 aliphatic heterocycles. The molecule has 3 rings (SSSR count). The van der Waals surface area contributed by atoms with Crippen molar-refractivity contribution in [1.29, 1.82) is 0 Å². The van der Waals surface area contributed by atoms with Crippen LogP contribution in [0.4, 0.5) is 0 Å². The fraction of sp³-hybridized carbons (Fsp3) is 0.0556. The monoisotopic (exact) mass is 448 g/mol. The van der Waals surface area contributed by atoms with Gasteiger partial charge in [0, 0.05) is 4.47 Å². The van der Waals surface area contributed by atoms with Gasteiger partial charge < -0.3 is 4.74 Å². The van der Waals surface area contributed by atoms with Crippen LogP contribution in [-0.2, 0) is 4.79 Å². The molecule has 1 fully saturated rings. The van der Waals surface area contributed by atoms with E-state index in [9.17, 15) is 9.59 Å². The fourth-order valence-corrected chi connectivity index (χ4v) is 3.90. The highest BCUT2D eigenvalue weighted by atomic mass is 79.9. The lowest BCUT2D eigenvalue weighted by molar-refractivity contribution is -0.123. The fourth-order valence-electron chi connectivity index (χ4n) is 2.25. The summed E-state index contributed by atoms with van der Waals surface area (Å²) >= 11 is 9.69. The van der Waals surface area contributed by atoms with Crippen molar-refractivity contribution in [2.45, 2.75) is 0 Å². The predicted octanol–water partition coefficient (Wildman–Crippen LogP) is 4.00. The molecule has 1 N–H and O–H groups in total. The second-order valence-corrected chi connectivity index (χ2v) is 7.74. The minimum Gasteiger partial charge on any atom is -0.497 e. The largest absolute Gasteiger partial charge is 0.497 e. The number of carbonyl (C=O) groups excluding carboxylic acids is 2. The molecule has 0 spiro atoms. The smallest absolute Gasteiger partial charge is 0.285 e. The molecule has 0 atom stereocenters. The number of carbonyl (C=O) groups is 2. The van der Waals surface area contributed by atoms with Crippen LogP contribution in [0.15, 0.2) is 57.9 Å². The zero-order valence-corrected chi connectivity index (χ0v) is 16.8. The molecule has 5 nitrogen and oxygen atoms in total. The molecule has 0 unspecified atom stereocenters. The van der Waals surface area contributed by atoms with E-state index in [1.165, 1.54) is 0 Å². The van der Waals surface area contributed by atoms with E-state index >= 15 is 0 Å². The molecule has 0 radical (unpaired) electrons. The summed E-state index contributed by atoms with van der Waals surface area (Å²) in [7, 11) is 1.58. The molecule has 0 aliphatic carbocycles. The van der Waals surface area contributed by atoms with Crippen molar-refractivity contribution in [3.8, 4) is 5.75 Å². The molecule has 1 aliphatic rings. The third kappa shape index (κ3) is 3.98. The van der Waals surface area contributed by atoms with Crippen molar-refractivity contribution >= 4 is 62.1 Å². The molecule has 1 saturated heterocycles. The van der Waals surface area contributed by atoms with E-state index < -0.39 is 5.91 Å². The standard InChI is InChI=1S/C18H13BrN2O3S2/c1-24-12-6-4-5-11(9-12)10-15-17(23)21(18(25)26-15)20-16(22)13-7-2-3-8-14(13)19/h2-10H,1H3,(H,20,22)/b15-10-. The number of amides is 2. The molecule has 2 amide bonds. The predicted molar refractivity (Wildman–Crippen MR) is 110 cm³/mol. The van der Waals surface area contributed by atoms with Gasteiger partial charge in [-0.2, -0.15) is 5.01 Å². The van der Waals surface area contributed by atoms with Gasteiger partial charge in [0.2, 0.25) is 0 Å². The van der Waals surface area contributed by atoms with Crippen molar-refractivity contribution in [1.82, 2.24) is 10.4 Å². The van der Waals surface area contributed by atoms with Crippen LogP contribution in [0.2, 0.25) is 0 Å². The number of benzene rings is 2. The first-order valence-electron chi connectivity index (χ1n) is 7.47. The molecular weight excluding hydrogens is 436 g/mol. The van der Waals surface area contributed by atoms with Gasteiger partial charge in [-0.15, -0.1) is 0 Å². The number of hydrazine groups is 1. The number of hydrogen-bond acceptors (Lipinski definition) is 5. The molecule has 26 heavy (non-hydrogen) atoms. The van der Waals surface area contributed by atoms with E-state index in [0.29, 0.717) is 20.7 Å². The highest BCUT2D eigenvalue weighted by molar-refractivity contribution is 9.10. The van der Waals surface area contributed by atoms with Crippen molar-refractivity contribution in [2.24, 2.45) is 0 Å². The Morgan fingerprint density at radius 3 is 2.77 bits per heavy atom. The average molecular weight is 449 g/mol. The normalized spacial score (nSPS) is 15.5. The van der Waals surface area contributed by atoms with Gasteiger partial charge in [-0.3, -0.25) is 15.0 Å². The number of hydrogen-bond donors (Lipinski definition) is 1. The van der Waals surface area contributed by atoms with Crippen molar-refractivity contribution < 1.29 is 14.3 Å². The SMILES string of the molecule is COc1cccc(/C=C2\SC(=S)N(NC(=O)c3ccccc3Br)C2=O)c1. The summed E-state index contributed by atoms with van der Waals surface area (Å²) in [6.45, 7) is 0. The van der Waals surface area contributed by atoms with Crippen LogP contribution in [0.3, 0.4) is 0 Å². The summed E-state index contributed by atoms with van der Waals surface area (Å²) in [6.07, 6.45) is 1.71. The van der Waals surface area contributed by atoms with Crippen molar-refractivity contribution in [3.63, 3.8) is 0 Å². The maximum absolute atomic E-state index is 12.6. The van der Waals surface area contributed by atoms with Gasteiger partial charge in [0.15, 0.2) is 4.32 Å². The molecule has 132 valence electrons. The molecule has 1 heterocycles. The van der Waals surface area contributed by atoms with E-state index in [0.717, 1.165) is 22.3 Å². The molecule has 0 bridgehead atoms. The molecule has 0 aromatic heterocycles. The van der Waals surface area contributed by atoms with Gasteiger partial charge in [0.1, 0.15) is 5.75 Å². The van der Waals surface area contributed by atoms with Crippen molar-refractivity contribution in [3.05, 3.63) is 69.0 Å². The van der Waals surface area contributed by atoms with Crippen LogP contribution in [-0.4, -0.2) is 28.3 Å². The second kappa shape index (κ2) is 8.03. The minimum absolute atomic E-state index is 0.268. The van der Waals surface area contributed by atoms with Crippen molar-refractivity contribution in [2.75, 3.05) is 7.11 Å². The van der Waals surface area contributed by atoms with Crippen LogP contribution >= 0.6 is 39.9 Å². The highest BCUT2D eigenvalue weighted by Crippen LogP contribution is 2.32. The topological polar surface area (TPSA) is 58.6 Å². The maximum atomic E-state index is 12.6. The van der Waals surface area contributed by atoms with Gasteiger partial charge in [-0.25, -0.2) is 0 Å². The number of nitrogens with one attached hydrogen (secondary N) is 1. The number of thioether (sulfide) groups is 1. The molecule has 2 aromatic rings. The van der Waals surface area contributed by atoms with Gasteiger partial charge >= 0.3 is 0 Å². The molecular formula is C18H13BrN2O3S2.